The van der Waals surface area contributed by atoms with Gasteiger partial charge in [0.25, 0.3) is 0 Å². The summed E-state index contributed by atoms with van der Waals surface area (Å²) in [7, 11) is 1.58. The molecular formula is C16H17N3O2. The quantitative estimate of drug-likeness (QED) is 0.569. The number of hydrazine groups is 1. The molecule has 5 nitrogen and oxygen atoms in total. The second-order valence-corrected chi connectivity index (χ2v) is 4.89. The van der Waals surface area contributed by atoms with Crippen molar-refractivity contribution in [2.75, 3.05) is 7.11 Å². The maximum absolute atomic E-state index is 5.90. The minimum Gasteiger partial charge on any atom is -0.481 e. The van der Waals surface area contributed by atoms with Gasteiger partial charge in [-0.2, -0.15) is 0 Å². The first-order valence-corrected chi connectivity index (χ1v) is 6.68. The molecule has 0 aliphatic rings. The molecule has 3 aromatic rings. The topological polar surface area (TPSA) is 73.3 Å². The lowest BCUT2D eigenvalue weighted by Gasteiger charge is -2.15. The Labute approximate surface area is 122 Å². The van der Waals surface area contributed by atoms with E-state index in [4.69, 9.17) is 15.0 Å². The van der Waals surface area contributed by atoms with E-state index < -0.39 is 0 Å². The molecule has 1 atom stereocenters. The van der Waals surface area contributed by atoms with E-state index in [0.29, 0.717) is 5.88 Å². The van der Waals surface area contributed by atoms with Crippen molar-refractivity contribution in [3.63, 3.8) is 0 Å². The number of methoxy groups -OCH3 is 1. The van der Waals surface area contributed by atoms with Gasteiger partial charge in [0.2, 0.25) is 5.88 Å². The normalized spacial score (nSPS) is 12.5. The number of aryl methyl sites for hydroxylation is 1. The van der Waals surface area contributed by atoms with E-state index in [0.717, 1.165) is 22.3 Å². The van der Waals surface area contributed by atoms with Crippen molar-refractivity contribution in [1.82, 2.24) is 10.4 Å². The standard InChI is InChI=1S/C16H17N3O2/c1-10-5-6-13-11(8-10)9-14(21-13)15(19-17)12-4-3-7-18-16(12)20-2/h3-9,15,19H,17H2,1-2H3. The first kappa shape index (κ1) is 13.6. The zero-order valence-electron chi connectivity index (χ0n) is 12.0. The van der Waals surface area contributed by atoms with Crippen LogP contribution in [0.4, 0.5) is 0 Å². The van der Waals surface area contributed by atoms with Crippen LogP contribution in [0.1, 0.15) is 22.9 Å². The molecule has 1 aromatic carbocycles. The van der Waals surface area contributed by atoms with Crippen LogP contribution in [-0.4, -0.2) is 12.1 Å². The van der Waals surface area contributed by atoms with E-state index in [-0.39, 0.29) is 6.04 Å². The number of ether oxygens (including phenoxy) is 1. The van der Waals surface area contributed by atoms with Crippen LogP contribution in [0.3, 0.4) is 0 Å². The van der Waals surface area contributed by atoms with Crippen LogP contribution in [0.15, 0.2) is 47.0 Å². The van der Waals surface area contributed by atoms with Gasteiger partial charge in [0, 0.05) is 17.1 Å². The lowest BCUT2D eigenvalue weighted by atomic mass is 10.1. The number of pyridine rings is 1. The van der Waals surface area contributed by atoms with Crippen molar-refractivity contribution < 1.29 is 9.15 Å². The van der Waals surface area contributed by atoms with E-state index in [1.807, 2.05) is 30.3 Å². The highest BCUT2D eigenvalue weighted by molar-refractivity contribution is 5.79. The van der Waals surface area contributed by atoms with E-state index in [1.165, 1.54) is 5.56 Å². The fraction of sp³-hybridized carbons (Fsp3) is 0.188. The predicted octanol–water partition coefficient (Wildman–Crippen LogP) is 2.70. The molecule has 5 heteroatoms. The third kappa shape index (κ3) is 2.49. The maximum Gasteiger partial charge on any atom is 0.218 e. The Bertz CT molecular complexity index is 767. The Balaban J connectivity index is 2.09. The lowest BCUT2D eigenvalue weighted by molar-refractivity contribution is 0.381. The summed E-state index contributed by atoms with van der Waals surface area (Å²) in [5.74, 6) is 6.97. The van der Waals surface area contributed by atoms with Gasteiger partial charge in [0.05, 0.1) is 7.11 Å². The number of furan rings is 1. The number of hydrogen-bond donors (Lipinski definition) is 2. The van der Waals surface area contributed by atoms with Crippen molar-refractivity contribution in [3.8, 4) is 5.88 Å². The van der Waals surface area contributed by atoms with Crippen molar-refractivity contribution in [3.05, 3.63) is 59.5 Å². The van der Waals surface area contributed by atoms with Crippen molar-refractivity contribution >= 4 is 11.0 Å². The largest absolute Gasteiger partial charge is 0.481 e. The molecule has 0 fully saturated rings. The summed E-state index contributed by atoms with van der Waals surface area (Å²) in [5, 5.41) is 1.05. The zero-order valence-corrected chi connectivity index (χ0v) is 12.0. The number of benzene rings is 1. The van der Waals surface area contributed by atoms with Crippen LogP contribution in [0.2, 0.25) is 0 Å². The van der Waals surface area contributed by atoms with Crippen LogP contribution in [-0.2, 0) is 0 Å². The van der Waals surface area contributed by atoms with Crippen LogP contribution in [0.25, 0.3) is 11.0 Å². The fourth-order valence-corrected chi connectivity index (χ4v) is 2.44. The first-order valence-electron chi connectivity index (χ1n) is 6.68. The summed E-state index contributed by atoms with van der Waals surface area (Å²) in [5.41, 5.74) is 5.62. The Hall–Kier alpha value is -2.37. The number of hydrogen-bond acceptors (Lipinski definition) is 5. The zero-order chi connectivity index (χ0) is 14.8. The van der Waals surface area contributed by atoms with Crippen LogP contribution in [0.5, 0.6) is 5.88 Å². The van der Waals surface area contributed by atoms with Crippen LogP contribution < -0.4 is 16.0 Å². The molecule has 0 saturated heterocycles. The average Bonchev–Trinajstić information content (AvgIpc) is 2.91. The molecule has 2 heterocycles. The van der Waals surface area contributed by atoms with Gasteiger partial charge in [-0.3, -0.25) is 5.84 Å². The second-order valence-electron chi connectivity index (χ2n) is 4.89. The average molecular weight is 283 g/mol. The number of rotatable bonds is 4. The van der Waals surface area contributed by atoms with Gasteiger partial charge >= 0.3 is 0 Å². The number of nitrogens with two attached hydrogens (primary N) is 1. The monoisotopic (exact) mass is 283 g/mol. The Morgan fingerprint density at radius 1 is 1.29 bits per heavy atom. The smallest absolute Gasteiger partial charge is 0.218 e. The summed E-state index contributed by atoms with van der Waals surface area (Å²) in [6, 6.07) is 11.5. The molecule has 0 radical (unpaired) electrons. The minimum absolute atomic E-state index is 0.318. The number of nitrogens with zero attached hydrogens (tertiary/aromatic N) is 1. The summed E-state index contributed by atoms with van der Waals surface area (Å²) < 4.78 is 11.2. The first-order chi connectivity index (χ1) is 10.2. The molecule has 3 N–H and O–H groups in total. The molecule has 0 spiro atoms. The molecule has 0 aliphatic carbocycles. The van der Waals surface area contributed by atoms with Crippen molar-refractivity contribution in [2.24, 2.45) is 5.84 Å². The molecule has 21 heavy (non-hydrogen) atoms. The lowest BCUT2D eigenvalue weighted by Crippen LogP contribution is -2.29. The van der Waals surface area contributed by atoms with Crippen molar-refractivity contribution in [2.45, 2.75) is 13.0 Å². The molecule has 108 valence electrons. The van der Waals surface area contributed by atoms with Crippen LogP contribution >= 0.6 is 0 Å². The molecule has 2 aromatic heterocycles. The number of aromatic nitrogens is 1. The van der Waals surface area contributed by atoms with Crippen LogP contribution in [0, 0.1) is 6.92 Å². The fourth-order valence-electron chi connectivity index (χ4n) is 2.44. The Morgan fingerprint density at radius 3 is 2.90 bits per heavy atom. The number of nitrogens with one attached hydrogen (secondary N) is 1. The van der Waals surface area contributed by atoms with E-state index in [1.54, 1.807) is 13.3 Å². The molecule has 0 amide bonds. The molecule has 0 aliphatic heterocycles. The molecule has 0 bridgehead atoms. The van der Waals surface area contributed by atoms with Gasteiger partial charge in [0.15, 0.2) is 0 Å². The highest BCUT2D eigenvalue weighted by Gasteiger charge is 2.21. The summed E-state index contributed by atoms with van der Waals surface area (Å²) >= 11 is 0. The van der Waals surface area contributed by atoms with Gasteiger partial charge in [-0.05, 0) is 37.3 Å². The summed E-state index contributed by atoms with van der Waals surface area (Å²) in [4.78, 5) is 4.20. The van der Waals surface area contributed by atoms with Crippen molar-refractivity contribution in [1.29, 1.82) is 0 Å². The molecule has 0 saturated carbocycles. The Kier molecular flexibility index (Phi) is 3.60. The van der Waals surface area contributed by atoms with E-state index >= 15 is 0 Å². The number of fused-ring (bicyclic) bond motifs is 1. The molecular weight excluding hydrogens is 266 g/mol. The predicted molar refractivity (Wildman–Crippen MR) is 80.9 cm³/mol. The maximum atomic E-state index is 5.90. The highest BCUT2D eigenvalue weighted by atomic mass is 16.5. The second kappa shape index (κ2) is 5.55. The minimum atomic E-state index is -0.318. The van der Waals surface area contributed by atoms with Gasteiger partial charge in [0.1, 0.15) is 17.4 Å². The third-order valence-corrected chi connectivity index (χ3v) is 3.45. The molecule has 3 rings (SSSR count). The third-order valence-electron chi connectivity index (χ3n) is 3.45. The van der Waals surface area contributed by atoms with Gasteiger partial charge < -0.3 is 9.15 Å². The molecule has 1 unspecified atom stereocenters. The van der Waals surface area contributed by atoms with Gasteiger partial charge in [-0.25, -0.2) is 10.4 Å². The summed E-state index contributed by atoms with van der Waals surface area (Å²) in [6.45, 7) is 2.05. The van der Waals surface area contributed by atoms with Gasteiger partial charge in [-0.1, -0.05) is 11.6 Å². The highest BCUT2D eigenvalue weighted by Crippen LogP contribution is 2.31. The SMILES string of the molecule is COc1ncccc1C(NN)c1cc2cc(C)ccc2o1. The Morgan fingerprint density at radius 2 is 2.14 bits per heavy atom. The van der Waals surface area contributed by atoms with E-state index in [9.17, 15) is 0 Å². The van der Waals surface area contributed by atoms with E-state index in [2.05, 4.69) is 23.4 Å². The van der Waals surface area contributed by atoms with Gasteiger partial charge in [-0.15, -0.1) is 0 Å². The summed E-state index contributed by atoms with van der Waals surface area (Å²) in [6.07, 6.45) is 1.68.